The second kappa shape index (κ2) is 8.76. The van der Waals surface area contributed by atoms with E-state index in [9.17, 15) is 10.2 Å². The first-order valence-electron chi connectivity index (χ1n) is 15.2. The summed E-state index contributed by atoms with van der Waals surface area (Å²) in [5.74, 6) is -1.04. The smallest absolute Gasteiger partial charge is 0.198 e. The number of rotatable bonds is 5. The van der Waals surface area contributed by atoms with Gasteiger partial charge < -0.3 is 34.1 Å². The summed E-state index contributed by atoms with van der Waals surface area (Å²) < 4.78 is 25.2. The van der Waals surface area contributed by atoms with Crippen molar-refractivity contribution >= 4 is 5.69 Å². The van der Waals surface area contributed by atoms with Gasteiger partial charge in [-0.1, -0.05) is 24.6 Å². The van der Waals surface area contributed by atoms with E-state index in [0.29, 0.717) is 45.5 Å². The molecule has 0 aromatic heterocycles. The fourth-order valence-electron chi connectivity index (χ4n) is 9.57. The van der Waals surface area contributed by atoms with Crippen molar-refractivity contribution in [2.45, 2.75) is 106 Å². The molecule has 39 heavy (non-hydrogen) atoms. The van der Waals surface area contributed by atoms with E-state index in [2.05, 4.69) is 50.2 Å². The van der Waals surface area contributed by atoms with Crippen LogP contribution in [0.1, 0.15) is 83.1 Å². The molecule has 0 amide bonds. The Hall–Kier alpha value is -1.48. The van der Waals surface area contributed by atoms with Crippen molar-refractivity contribution in [2.75, 3.05) is 38.8 Å². The van der Waals surface area contributed by atoms with Crippen molar-refractivity contribution in [3.63, 3.8) is 0 Å². The molecule has 0 radical (unpaired) electrons. The molecule has 2 heterocycles. The highest BCUT2D eigenvalue weighted by Gasteiger charge is 2.81. The summed E-state index contributed by atoms with van der Waals surface area (Å²) in [4.78, 5) is 2.12. The van der Waals surface area contributed by atoms with Gasteiger partial charge in [0.05, 0.1) is 18.8 Å². The molecular weight excluding hydrogens is 494 g/mol. The van der Waals surface area contributed by atoms with Crippen LogP contribution >= 0.6 is 0 Å². The minimum Gasteiger partial charge on any atom is -0.385 e. The number of anilines is 1. The standard InChI is InChI=1S/C32H45NO6/c1-5-16-36-28(2)32(35)15-12-25-23-10-13-29(34)20-30(37-17-18-38-30)14-11-26(29)27(23)24(19-31(25,32)39-28)21-6-8-22(9-7-21)33(3)4/h6-9,23-25,34-35H,5,10-20H2,1-4H3/t23?,24?,25?,28?,29-,31?,32+/m1/s1. The van der Waals surface area contributed by atoms with Crippen molar-refractivity contribution in [3.05, 3.63) is 41.0 Å². The maximum atomic E-state index is 12.3. The molecule has 3 saturated carbocycles. The maximum absolute atomic E-state index is 12.3. The third kappa shape index (κ3) is 3.50. The summed E-state index contributed by atoms with van der Waals surface area (Å²) >= 11 is 0. The molecule has 6 aliphatic rings. The number of allylic oxidation sites excluding steroid dienone is 1. The molecule has 2 saturated heterocycles. The van der Waals surface area contributed by atoms with Gasteiger partial charge in [0, 0.05) is 45.1 Å². The fraction of sp³-hybridized carbons (Fsp3) is 0.750. The Morgan fingerprint density at radius 2 is 1.77 bits per heavy atom. The van der Waals surface area contributed by atoms with Crippen LogP contribution in [0, 0.1) is 11.8 Å². The van der Waals surface area contributed by atoms with Crippen LogP contribution in [0.3, 0.4) is 0 Å². The molecule has 7 heteroatoms. The molecule has 2 aliphatic heterocycles. The van der Waals surface area contributed by atoms with Crippen LogP contribution < -0.4 is 4.90 Å². The monoisotopic (exact) mass is 539 g/mol. The Balaban J connectivity index is 1.32. The highest BCUT2D eigenvalue weighted by Crippen LogP contribution is 2.72. The molecule has 7 atom stereocenters. The van der Waals surface area contributed by atoms with Crippen LogP contribution in [0.15, 0.2) is 35.4 Å². The zero-order chi connectivity index (χ0) is 27.3. The number of aliphatic hydroxyl groups is 2. The Bertz CT molecular complexity index is 1160. The summed E-state index contributed by atoms with van der Waals surface area (Å²) in [7, 11) is 4.12. The summed E-state index contributed by atoms with van der Waals surface area (Å²) in [5.41, 5.74) is 2.47. The number of fused-ring (bicyclic) bond motifs is 3. The number of nitrogens with zero attached hydrogens (tertiary/aromatic N) is 1. The Kier molecular flexibility index (Phi) is 5.94. The first kappa shape index (κ1) is 26.4. The van der Waals surface area contributed by atoms with Crippen LogP contribution in [0.4, 0.5) is 5.69 Å². The lowest BCUT2D eigenvalue weighted by molar-refractivity contribution is -0.483. The van der Waals surface area contributed by atoms with Crippen molar-refractivity contribution in [1.29, 1.82) is 0 Å². The number of hydrogen-bond acceptors (Lipinski definition) is 7. The van der Waals surface area contributed by atoms with Crippen molar-refractivity contribution in [1.82, 2.24) is 0 Å². The Morgan fingerprint density at radius 3 is 2.46 bits per heavy atom. The lowest BCUT2D eigenvalue weighted by Crippen LogP contribution is -2.82. The molecule has 2 N–H and O–H groups in total. The highest BCUT2D eigenvalue weighted by atomic mass is 16.8. The minimum absolute atomic E-state index is 0.0732. The SMILES string of the molecule is CCCOC1(C)OC23CC(c4ccc(N(C)C)cc4)C4=C5CCC6(C[C@]5(O)CCC4C2CC[C@]13O)OCCO6. The van der Waals surface area contributed by atoms with Gasteiger partial charge in [0.25, 0.3) is 0 Å². The normalized spacial score (nSPS) is 43.9. The van der Waals surface area contributed by atoms with Crippen molar-refractivity contribution in [2.24, 2.45) is 11.8 Å². The van der Waals surface area contributed by atoms with E-state index in [1.54, 1.807) is 0 Å². The van der Waals surface area contributed by atoms with E-state index < -0.39 is 28.4 Å². The predicted molar refractivity (Wildman–Crippen MR) is 147 cm³/mol. The van der Waals surface area contributed by atoms with E-state index in [4.69, 9.17) is 18.9 Å². The van der Waals surface area contributed by atoms with Gasteiger partial charge in [-0.05, 0) is 87.0 Å². The van der Waals surface area contributed by atoms with Gasteiger partial charge in [0.2, 0.25) is 0 Å². The van der Waals surface area contributed by atoms with Gasteiger partial charge in [0.15, 0.2) is 11.6 Å². The molecule has 2 spiro atoms. The quantitative estimate of drug-likeness (QED) is 0.527. The first-order valence-corrected chi connectivity index (χ1v) is 15.2. The van der Waals surface area contributed by atoms with Crippen LogP contribution in [-0.4, -0.2) is 72.5 Å². The maximum Gasteiger partial charge on any atom is 0.198 e. The molecule has 7 nitrogen and oxygen atoms in total. The fourth-order valence-corrected chi connectivity index (χ4v) is 9.57. The largest absolute Gasteiger partial charge is 0.385 e. The van der Waals surface area contributed by atoms with Crippen molar-refractivity contribution in [3.8, 4) is 0 Å². The second-order valence-electron chi connectivity index (χ2n) is 13.4. The average Bonchev–Trinajstić information content (AvgIpc) is 3.46. The minimum atomic E-state index is -1.01. The molecule has 1 aromatic carbocycles. The summed E-state index contributed by atoms with van der Waals surface area (Å²) in [6.07, 6.45) is 6.88. The van der Waals surface area contributed by atoms with E-state index in [1.165, 1.54) is 16.7 Å². The molecule has 1 aromatic rings. The third-order valence-corrected chi connectivity index (χ3v) is 11.3. The van der Waals surface area contributed by atoms with Gasteiger partial charge in [-0.2, -0.15) is 0 Å². The number of hydrogen-bond donors (Lipinski definition) is 2. The van der Waals surface area contributed by atoms with Crippen LogP contribution in [0.5, 0.6) is 0 Å². The lowest BCUT2D eigenvalue weighted by atomic mass is 9.50. The highest BCUT2D eigenvalue weighted by molar-refractivity contribution is 5.51. The van der Waals surface area contributed by atoms with Crippen LogP contribution in [-0.2, 0) is 18.9 Å². The van der Waals surface area contributed by atoms with E-state index >= 15 is 0 Å². The Labute approximate surface area is 232 Å². The van der Waals surface area contributed by atoms with Gasteiger partial charge in [0.1, 0.15) is 11.2 Å². The van der Waals surface area contributed by atoms with Gasteiger partial charge in [-0.25, -0.2) is 0 Å². The molecule has 5 unspecified atom stereocenters. The van der Waals surface area contributed by atoms with Crippen molar-refractivity contribution < 1.29 is 29.2 Å². The summed E-state index contributed by atoms with van der Waals surface area (Å²) in [6, 6.07) is 8.84. The third-order valence-electron chi connectivity index (χ3n) is 11.3. The van der Waals surface area contributed by atoms with Gasteiger partial charge in [-0.15, -0.1) is 0 Å². The van der Waals surface area contributed by atoms with Gasteiger partial charge in [-0.3, -0.25) is 0 Å². The predicted octanol–water partition coefficient (Wildman–Crippen LogP) is 4.66. The van der Waals surface area contributed by atoms with E-state index in [0.717, 1.165) is 37.8 Å². The average molecular weight is 540 g/mol. The molecule has 0 bridgehead atoms. The molecular formula is C32H45NO6. The number of benzene rings is 1. The zero-order valence-corrected chi connectivity index (χ0v) is 24.0. The molecule has 4 aliphatic carbocycles. The lowest BCUT2D eigenvalue weighted by Gasteiger charge is -2.68. The summed E-state index contributed by atoms with van der Waals surface area (Å²) in [6.45, 7) is 5.81. The Morgan fingerprint density at radius 1 is 1.03 bits per heavy atom. The van der Waals surface area contributed by atoms with Crippen LogP contribution in [0.25, 0.3) is 0 Å². The first-order chi connectivity index (χ1) is 18.6. The van der Waals surface area contributed by atoms with Crippen LogP contribution in [0.2, 0.25) is 0 Å². The molecule has 5 fully saturated rings. The number of ether oxygens (including phenoxy) is 4. The van der Waals surface area contributed by atoms with Gasteiger partial charge >= 0.3 is 0 Å². The summed E-state index contributed by atoms with van der Waals surface area (Å²) in [5, 5.41) is 24.5. The van der Waals surface area contributed by atoms with E-state index in [-0.39, 0.29) is 17.8 Å². The molecule has 214 valence electrons. The van der Waals surface area contributed by atoms with E-state index in [1.807, 2.05) is 6.92 Å². The topological polar surface area (TPSA) is 80.6 Å². The zero-order valence-electron chi connectivity index (χ0n) is 24.0. The molecule has 7 rings (SSSR count). The second-order valence-corrected chi connectivity index (χ2v) is 13.4.